The van der Waals surface area contributed by atoms with E-state index in [1.165, 1.54) is 65.5 Å². The Morgan fingerprint density at radius 3 is 1.85 bits per heavy atom. The minimum absolute atomic E-state index is 1.24. The molecular formula is C28H23IS4. The third-order valence-corrected chi connectivity index (χ3v) is 11.5. The molecule has 0 nitrogen and oxygen atoms in total. The molecule has 0 saturated heterocycles. The summed E-state index contributed by atoms with van der Waals surface area (Å²) < 4.78 is 1.27. The number of thiophene rings is 4. The molecule has 5 aromatic rings. The fourth-order valence-electron chi connectivity index (χ4n) is 3.77. The molecular weight excluding hydrogens is 591 g/mol. The molecule has 5 rings (SSSR count). The smallest absolute Gasteiger partial charge is 0.0478 e. The van der Waals surface area contributed by atoms with Crippen LogP contribution in [0.4, 0.5) is 0 Å². The van der Waals surface area contributed by atoms with Crippen LogP contribution < -0.4 is 0 Å². The molecule has 0 N–H and O–H groups in total. The van der Waals surface area contributed by atoms with Crippen LogP contribution in [0, 0.1) is 31.3 Å². The van der Waals surface area contributed by atoms with Gasteiger partial charge >= 0.3 is 0 Å². The van der Waals surface area contributed by atoms with Crippen LogP contribution in [0.25, 0.3) is 41.4 Å². The normalized spacial score (nSPS) is 11.7. The Labute approximate surface area is 225 Å². The maximum atomic E-state index is 2.37. The first-order valence-corrected chi connectivity index (χ1v) is 15.1. The number of hydrogen-bond acceptors (Lipinski definition) is 4. The number of rotatable bonds is 5. The lowest BCUT2D eigenvalue weighted by Crippen LogP contribution is -1.73. The van der Waals surface area contributed by atoms with E-state index in [9.17, 15) is 0 Å². The van der Waals surface area contributed by atoms with E-state index in [1.807, 2.05) is 45.3 Å². The molecule has 0 aliphatic carbocycles. The summed E-state index contributed by atoms with van der Waals surface area (Å²) in [6, 6.07) is 18.0. The lowest BCUT2D eigenvalue weighted by molar-refractivity contribution is 1.52. The molecule has 0 atom stereocenters. The molecule has 0 saturated carbocycles. The van der Waals surface area contributed by atoms with E-state index < -0.39 is 0 Å². The third kappa shape index (κ3) is 4.98. The van der Waals surface area contributed by atoms with Gasteiger partial charge in [-0.1, -0.05) is 18.2 Å². The summed E-state index contributed by atoms with van der Waals surface area (Å²) in [4.78, 5) is 9.63. The predicted octanol–water partition coefficient (Wildman–Crippen LogP) is 10.9. The van der Waals surface area contributed by atoms with E-state index in [1.54, 1.807) is 0 Å². The number of benzene rings is 1. The van der Waals surface area contributed by atoms with Gasteiger partial charge in [-0.2, -0.15) is 0 Å². The molecule has 0 unspecified atom stereocenters. The first-order valence-electron chi connectivity index (χ1n) is 10.7. The molecule has 0 spiro atoms. The minimum Gasteiger partial charge on any atom is -0.143 e. The maximum absolute atomic E-state index is 2.37. The Morgan fingerprint density at radius 1 is 0.636 bits per heavy atom. The van der Waals surface area contributed by atoms with Crippen molar-refractivity contribution >= 4 is 80.1 Å². The van der Waals surface area contributed by atoms with E-state index in [2.05, 4.69) is 116 Å². The number of aryl methyl sites for hydroxylation is 4. The number of hydrogen-bond donors (Lipinski definition) is 0. The SMILES string of the molecule is Cc1csc(-c2sc(-c3cc(C)c(-c4cc(C)c(/C=C/c5ccc(I)cc5)s4)s3)cc2C)c1. The zero-order chi connectivity index (χ0) is 23.1. The zero-order valence-corrected chi connectivity index (χ0v) is 24.3. The standard InChI is InChI=1S/C28H23IS4/c1-16-11-25(30-15-16)27-18(3)13-23(32-27)24-14-19(4)28(33-24)26-12-17(2)22(31-26)10-7-20-5-8-21(29)9-6-20/h5-15H,1-4H3/b10-7+. The average molecular weight is 615 g/mol. The maximum Gasteiger partial charge on any atom is 0.0478 e. The Balaban J connectivity index is 1.44. The summed E-state index contributed by atoms with van der Waals surface area (Å²) in [5.41, 5.74) is 6.67. The van der Waals surface area contributed by atoms with Crippen molar-refractivity contribution in [3.63, 3.8) is 0 Å². The Kier molecular flexibility index (Phi) is 6.78. The van der Waals surface area contributed by atoms with E-state index in [0.29, 0.717) is 0 Å². The first-order chi connectivity index (χ1) is 15.9. The molecule has 0 bridgehead atoms. The van der Waals surface area contributed by atoms with Gasteiger partial charge in [0.15, 0.2) is 0 Å². The largest absolute Gasteiger partial charge is 0.143 e. The van der Waals surface area contributed by atoms with Gasteiger partial charge in [-0.3, -0.25) is 0 Å². The topological polar surface area (TPSA) is 0 Å². The highest BCUT2D eigenvalue weighted by Crippen LogP contribution is 2.46. The van der Waals surface area contributed by atoms with Crippen molar-refractivity contribution in [2.24, 2.45) is 0 Å². The summed E-state index contributed by atoms with van der Waals surface area (Å²) in [7, 11) is 0. The fourth-order valence-corrected chi connectivity index (χ4v) is 8.87. The summed E-state index contributed by atoms with van der Waals surface area (Å²) in [5.74, 6) is 0. The molecule has 0 aliphatic rings. The lowest BCUT2D eigenvalue weighted by atomic mass is 10.1. The quantitative estimate of drug-likeness (QED) is 0.173. The first kappa shape index (κ1) is 23.2. The highest BCUT2D eigenvalue weighted by molar-refractivity contribution is 14.1. The van der Waals surface area contributed by atoms with Crippen LogP contribution in [-0.4, -0.2) is 0 Å². The van der Waals surface area contributed by atoms with Crippen LogP contribution >= 0.6 is 67.9 Å². The Hall–Kier alpha value is -1.51. The monoisotopic (exact) mass is 614 g/mol. The van der Waals surface area contributed by atoms with Gasteiger partial charge in [0.25, 0.3) is 0 Å². The van der Waals surface area contributed by atoms with Crippen LogP contribution in [0.15, 0.2) is 53.9 Å². The number of halogens is 1. The van der Waals surface area contributed by atoms with Crippen molar-refractivity contribution in [3.8, 4) is 29.3 Å². The summed E-state index contributed by atoms with van der Waals surface area (Å²) in [6.45, 7) is 8.87. The second kappa shape index (κ2) is 9.62. The Morgan fingerprint density at radius 2 is 1.24 bits per heavy atom. The predicted molar refractivity (Wildman–Crippen MR) is 161 cm³/mol. The van der Waals surface area contributed by atoms with Gasteiger partial charge in [-0.15, -0.1) is 45.3 Å². The summed E-state index contributed by atoms with van der Waals surface area (Å²) in [6.07, 6.45) is 4.47. The molecule has 33 heavy (non-hydrogen) atoms. The molecule has 166 valence electrons. The van der Waals surface area contributed by atoms with Crippen molar-refractivity contribution in [3.05, 3.63) is 90.2 Å². The highest BCUT2D eigenvalue weighted by Gasteiger charge is 2.16. The Bertz CT molecular complexity index is 1450. The van der Waals surface area contributed by atoms with Gasteiger partial charge in [-0.05, 0) is 126 Å². The van der Waals surface area contributed by atoms with Crippen LogP contribution in [-0.2, 0) is 0 Å². The minimum atomic E-state index is 1.24. The lowest BCUT2D eigenvalue weighted by Gasteiger charge is -1.94. The zero-order valence-electron chi connectivity index (χ0n) is 18.9. The molecule has 4 heterocycles. The molecule has 4 aromatic heterocycles. The van der Waals surface area contributed by atoms with Gasteiger partial charge < -0.3 is 0 Å². The van der Waals surface area contributed by atoms with Crippen molar-refractivity contribution < 1.29 is 0 Å². The molecule has 0 amide bonds. The average Bonchev–Trinajstić information content (AvgIpc) is 3.55. The second-order valence-electron chi connectivity index (χ2n) is 8.28. The van der Waals surface area contributed by atoms with Crippen LogP contribution in [0.2, 0.25) is 0 Å². The molecule has 0 radical (unpaired) electrons. The van der Waals surface area contributed by atoms with Gasteiger partial charge in [0.2, 0.25) is 0 Å². The van der Waals surface area contributed by atoms with E-state index in [0.717, 1.165) is 0 Å². The third-order valence-electron chi connectivity index (χ3n) is 5.51. The van der Waals surface area contributed by atoms with E-state index in [-0.39, 0.29) is 0 Å². The van der Waals surface area contributed by atoms with Gasteiger partial charge in [0.05, 0.1) is 0 Å². The van der Waals surface area contributed by atoms with Crippen LogP contribution in [0.1, 0.15) is 32.7 Å². The fraction of sp³-hybridized carbons (Fsp3) is 0.143. The van der Waals surface area contributed by atoms with Crippen molar-refractivity contribution in [1.82, 2.24) is 0 Å². The van der Waals surface area contributed by atoms with Crippen LogP contribution in [0.3, 0.4) is 0 Å². The second-order valence-corrected chi connectivity index (χ2v) is 13.6. The molecule has 0 fully saturated rings. The van der Waals surface area contributed by atoms with Crippen LogP contribution in [0.5, 0.6) is 0 Å². The highest BCUT2D eigenvalue weighted by atomic mass is 127. The van der Waals surface area contributed by atoms with Crippen molar-refractivity contribution in [2.45, 2.75) is 27.7 Å². The van der Waals surface area contributed by atoms with Gasteiger partial charge in [0, 0.05) is 37.7 Å². The van der Waals surface area contributed by atoms with Gasteiger partial charge in [0.1, 0.15) is 0 Å². The van der Waals surface area contributed by atoms with Crippen molar-refractivity contribution in [1.29, 1.82) is 0 Å². The van der Waals surface area contributed by atoms with E-state index in [4.69, 9.17) is 0 Å². The molecule has 1 aromatic carbocycles. The molecule has 5 heteroatoms. The van der Waals surface area contributed by atoms with Crippen molar-refractivity contribution in [2.75, 3.05) is 0 Å². The summed E-state index contributed by atoms with van der Waals surface area (Å²) >= 11 is 9.94. The summed E-state index contributed by atoms with van der Waals surface area (Å²) in [5, 5.41) is 2.24. The molecule has 0 aliphatic heterocycles. The van der Waals surface area contributed by atoms with Gasteiger partial charge in [-0.25, -0.2) is 0 Å². The van der Waals surface area contributed by atoms with E-state index >= 15 is 0 Å².